The molecule has 0 aliphatic rings. The molecule has 0 aliphatic carbocycles. The number of carbonyl (C=O) groups excluding carboxylic acids is 1. The van der Waals surface area contributed by atoms with E-state index in [1.165, 1.54) is 0 Å². The molecule has 0 radical (unpaired) electrons. The van der Waals surface area contributed by atoms with Gasteiger partial charge in [0.2, 0.25) is 15.9 Å². The number of hydrogen-bond acceptors (Lipinski definition) is 3. The third-order valence-corrected chi connectivity index (χ3v) is 7.04. The van der Waals surface area contributed by atoms with Crippen molar-refractivity contribution in [1.29, 1.82) is 0 Å². The van der Waals surface area contributed by atoms with Gasteiger partial charge in [0.05, 0.1) is 10.9 Å². The second kappa shape index (κ2) is 9.98. The molecule has 4 rings (SSSR count). The van der Waals surface area contributed by atoms with Crippen molar-refractivity contribution in [2.24, 2.45) is 0 Å². The van der Waals surface area contributed by atoms with Gasteiger partial charge in [0, 0.05) is 13.0 Å². The van der Waals surface area contributed by atoms with Crippen molar-refractivity contribution >= 4 is 26.7 Å². The van der Waals surface area contributed by atoms with Crippen molar-refractivity contribution in [2.45, 2.75) is 30.8 Å². The van der Waals surface area contributed by atoms with Gasteiger partial charge in [0.25, 0.3) is 0 Å². The monoisotopic (exact) mass is 458 g/mol. The van der Waals surface area contributed by atoms with Gasteiger partial charge in [0.15, 0.2) is 0 Å². The SMILES string of the molecule is Cc1ccc(S(=O)(=O)N[C@@H](CC(=O)NCc2ccccc2)c2cccc3ccccc23)cc1. The molecule has 168 valence electrons. The summed E-state index contributed by atoms with van der Waals surface area (Å²) >= 11 is 0. The van der Waals surface area contributed by atoms with Gasteiger partial charge in [-0.25, -0.2) is 13.1 Å². The highest BCUT2D eigenvalue weighted by Crippen LogP contribution is 2.28. The largest absolute Gasteiger partial charge is 0.352 e. The predicted octanol–water partition coefficient (Wildman–Crippen LogP) is 4.87. The highest BCUT2D eigenvalue weighted by Gasteiger charge is 2.25. The second-order valence-electron chi connectivity index (χ2n) is 8.02. The number of aryl methyl sites for hydroxylation is 1. The molecule has 2 N–H and O–H groups in total. The summed E-state index contributed by atoms with van der Waals surface area (Å²) in [4.78, 5) is 13.0. The van der Waals surface area contributed by atoms with Crippen LogP contribution in [0, 0.1) is 6.92 Å². The van der Waals surface area contributed by atoms with Crippen LogP contribution >= 0.6 is 0 Å². The van der Waals surface area contributed by atoms with Crippen molar-refractivity contribution in [3.05, 3.63) is 114 Å². The van der Waals surface area contributed by atoms with Gasteiger partial charge in [-0.3, -0.25) is 4.79 Å². The average Bonchev–Trinajstić information content (AvgIpc) is 2.83. The van der Waals surface area contributed by atoms with E-state index >= 15 is 0 Å². The molecule has 0 fully saturated rings. The summed E-state index contributed by atoms with van der Waals surface area (Å²) in [7, 11) is -3.84. The molecule has 6 heteroatoms. The van der Waals surface area contributed by atoms with E-state index in [4.69, 9.17) is 0 Å². The highest BCUT2D eigenvalue weighted by molar-refractivity contribution is 7.89. The molecule has 0 aromatic heterocycles. The van der Waals surface area contributed by atoms with Gasteiger partial charge in [-0.1, -0.05) is 90.5 Å². The van der Waals surface area contributed by atoms with Crippen LogP contribution in [0.1, 0.15) is 29.2 Å². The van der Waals surface area contributed by atoms with Gasteiger partial charge in [-0.15, -0.1) is 0 Å². The summed E-state index contributed by atoms with van der Waals surface area (Å²) in [6.07, 6.45) is -0.0219. The van der Waals surface area contributed by atoms with Crippen LogP contribution in [0.3, 0.4) is 0 Å². The van der Waals surface area contributed by atoms with E-state index in [9.17, 15) is 13.2 Å². The normalized spacial score (nSPS) is 12.4. The van der Waals surface area contributed by atoms with Crippen LogP contribution in [0.5, 0.6) is 0 Å². The second-order valence-corrected chi connectivity index (χ2v) is 9.74. The van der Waals surface area contributed by atoms with E-state index in [-0.39, 0.29) is 17.2 Å². The number of hydrogen-bond donors (Lipinski definition) is 2. The standard InChI is InChI=1S/C27H26N2O3S/c1-20-14-16-23(17-15-20)33(31,32)29-26(18-27(30)28-19-21-8-3-2-4-9-21)25-13-7-11-22-10-5-6-12-24(22)25/h2-17,26,29H,18-19H2,1H3,(H,28,30)/t26-/m0/s1. The van der Waals surface area contributed by atoms with Crippen LogP contribution in [0.4, 0.5) is 0 Å². The summed E-state index contributed by atoms with van der Waals surface area (Å²) in [5, 5.41) is 4.80. The first-order valence-corrected chi connectivity index (χ1v) is 12.3. The molecule has 0 unspecified atom stereocenters. The molecule has 33 heavy (non-hydrogen) atoms. The summed E-state index contributed by atoms with van der Waals surface area (Å²) in [5.74, 6) is -0.233. The van der Waals surface area contributed by atoms with Gasteiger partial charge >= 0.3 is 0 Å². The van der Waals surface area contributed by atoms with Gasteiger partial charge < -0.3 is 5.32 Å². The van der Waals surface area contributed by atoms with Gasteiger partial charge in [-0.2, -0.15) is 0 Å². The maximum absolute atomic E-state index is 13.2. The topological polar surface area (TPSA) is 75.3 Å². The number of rotatable bonds is 8. The van der Waals surface area contributed by atoms with E-state index in [2.05, 4.69) is 10.0 Å². The molecule has 1 atom stereocenters. The predicted molar refractivity (Wildman–Crippen MR) is 131 cm³/mol. The zero-order valence-corrected chi connectivity index (χ0v) is 19.2. The van der Waals surface area contributed by atoms with Gasteiger partial charge in [0.1, 0.15) is 0 Å². The fraction of sp³-hybridized carbons (Fsp3) is 0.148. The molecular weight excluding hydrogens is 432 g/mol. The first-order valence-electron chi connectivity index (χ1n) is 10.8. The zero-order chi connectivity index (χ0) is 23.3. The molecule has 5 nitrogen and oxygen atoms in total. The minimum absolute atomic E-state index is 0.0219. The Balaban J connectivity index is 1.63. The molecule has 1 amide bonds. The fourth-order valence-corrected chi connectivity index (χ4v) is 5.01. The quantitative estimate of drug-likeness (QED) is 0.395. The minimum Gasteiger partial charge on any atom is -0.352 e. The van der Waals surface area contributed by atoms with Crippen molar-refractivity contribution in [2.75, 3.05) is 0 Å². The molecule has 0 heterocycles. The lowest BCUT2D eigenvalue weighted by molar-refractivity contribution is -0.121. The molecule has 0 saturated heterocycles. The van der Waals surface area contributed by atoms with Crippen LogP contribution in [-0.4, -0.2) is 14.3 Å². The molecule has 4 aromatic carbocycles. The lowest BCUT2D eigenvalue weighted by atomic mass is 9.97. The third kappa shape index (κ3) is 5.66. The van der Waals surface area contributed by atoms with Crippen molar-refractivity contribution in [3.63, 3.8) is 0 Å². The summed E-state index contributed by atoms with van der Waals surface area (Å²) in [6, 6.07) is 29.0. The minimum atomic E-state index is -3.84. The number of nitrogens with one attached hydrogen (secondary N) is 2. The Hall–Kier alpha value is -3.48. The number of fused-ring (bicyclic) bond motifs is 1. The van der Waals surface area contributed by atoms with Gasteiger partial charge in [-0.05, 0) is 41.0 Å². The molecule has 0 bridgehead atoms. The van der Waals surface area contributed by atoms with Crippen molar-refractivity contribution in [3.8, 4) is 0 Å². The van der Waals surface area contributed by atoms with E-state index in [0.29, 0.717) is 6.54 Å². The number of carbonyl (C=O) groups is 1. The van der Waals surface area contributed by atoms with E-state index in [0.717, 1.165) is 27.5 Å². The molecule has 4 aromatic rings. The van der Waals surface area contributed by atoms with E-state index in [1.807, 2.05) is 79.7 Å². The van der Waals surface area contributed by atoms with Crippen LogP contribution in [-0.2, 0) is 21.4 Å². The maximum Gasteiger partial charge on any atom is 0.241 e. The lowest BCUT2D eigenvalue weighted by Crippen LogP contribution is -2.33. The summed E-state index contributed by atoms with van der Waals surface area (Å²) < 4.78 is 29.1. The molecule has 0 saturated carbocycles. The lowest BCUT2D eigenvalue weighted by Gasteiger charge is -2.21. The van der Waals surface area contributed by atoms with Crippen LogP contribution in [0.2, 0.25) is 0 Å². The van der Waals surface area contributed by atoms with Crippen LogP contribution in [0.15, 0.2) is 102 Å². The first kappa shape index (κ1) is 22.7. The fourth-order valence-electron chi connectivity index (χ4n) is 3.80. The zero-order valence-electron chi connectivity index (χ0n) is 18.4. The first-order chi connectivity index (χ1) is 15.9. The van der Waals surface area contributed by atoms with E-state index in [1.54, 1.807) is 24.3 Å². The third-order valence-electron chi connectivity index (χ3n) is 5.55. The number of sulfonamides is 1. The molecule has 0 spiro atoms. The Morgan fingerprint density at radius 1 is 0.818 bits per heavy atom. The van der Waals surface area contributed by atoms with Crippen molar-refractivity contribution in [1.82, 2.24) is 10.0 Å². The number of amides is 1. The summed E-state index contributed by atoms with van der Waals surface area (Å²) in [6.45, 7) is 2.28. The van der Waals surface area contributed by atoms with Crippen LogP contribution in [0.25, 0.3) is 10.8 Å². The maximum atomic E-state index is 13.2. The molecular formula is C27H26N2O3S. The molecule has 0 aliphatic heterocycles. The van der Waals surface area contributed by atoms with E-state index < -0.39 is 16.1 Å². The smallest absolute Gasteiger partial charge is 0.241 e. The number of benzene rings is 4. The Labute approximate surface area is 194 Å². The highest BCUT2D eigenvalue weighted by atomic mass is 32.2. The average molecular weight is 459 g/mol. The van der Waals surface area contributed by atoms with Crippen molar-refractivity contribution < 1.29 is 13.2 Å². The Kier molecular flexibility index (Phi) is 6.87. The summed E-state index contributed by atoms with van der Waals surface area (Å²) in [5.41, 5.74) is 2.71. The van der Waals surface area contributed by atoms with Crippen LogP contribution < -0.4 is 10.0 Å². The Bertz CT molecular complexity index is 1350. The Morgan fingerprint density at radius 3 is 2.24 bits per heavy atom. The Morgan fingerprint density at radius 2 is 1.48 bits per heavy atom.